The van der Waals surface area contributed by atoms with Crippen molar-refractivity contribution in [2.75, 3.05) is 6.54 Å². The molecule has 2 saturated carbocycles. The van der Waals surface area contributed by atoms with Gasteiger partial charge in [0.2, 0.25) is 5.91 Å². The van der Waals surface area contributed by atoms with Crippen LogP contribution in [-0.2, 0) is 4.79 Å². The molecule has 0 aromatic carbocycles. The van der Waals surface area contributed by atoms with Gasteiger partial charge in [0, 0.05) is 12.6 Å². The molecule has 0 spiro atoms. The van der Waals surface area contributed by atoms with Crippen molar-refractivity contribution < 1.29 is 4.79 Å². The fourth-order valence-corrected chi connectivity index (χ4v) is 4.13. The quantitative estimate of drug-likeness (QED) is 0.804. The van der Waals surface area contributed by atoms with Crippen molar-refractivity contribution in [2.24, 2.45) is 23.0 Å². The molecule has 0 saturated heterocycles. The second kappa shape index (κ2) is 6.25. The minimum Gasteiger partial charge on any atom is -0.353 e. The average molecular weight is 266 g/mol. The fraction of sp³-hybridized carbons (Fsp3) is 0.938. The van der Waals surface area contributed by atoms with E-state index in [-0.39, 0.29) is 11.3 Å². The zero-order chi connectivity index (χ0) is 13.9. The third-order valence-electron chi connectivity index (χ3n) is 5.33. The lowest BCUT2D eigenvalue weighted by Gasteiger charge is -2.45. The van der Waals surface area contributed by atoms with Crippen LogP contribution in [0.5, 0.6) is 0 Å². The summed E-state index contributed by atoms with van der Waals surface area (Å²) in [6.45, 7) is 4.90. The maximum Gasteiger partial charge on any atom is 0.227 e. The van der Waals surface area contributed by atoms with Crippen molar-refractivity contribution in [3.63, 3.8) is 0 Å². The second-order valence-electron chi connectivity index (χ2n) is 6.88. The first-order valence-electron chi connectivity index (χ1n) is 8.12. The molecule has 3 N–H and O–H groups in total. The summed E-state index contributed by atoms with van der Waals surface area (Å²) in [5.74, 6) is 1.57. The van der Waals surface area contributed by atoms with Crippen LogP contribution in [-0.4, -0.2) is 18.5 Å². The molecule has 0 bridgehead atoms. The van der Waals surface area contributed by atoms with Crippen molar-refractivity contribution >= 4 is 5.91 Å². The summed E-state index contributed by atoms with van der Waals surface area (Å²) in [6.07, 6.45) is 9.58. The van der Waals surface area contributed by atoms with Gasteiger partial charge in [0.25, 0.3) is 0 Å². The summed E-state index contributed by atoms with van der Waals surface area (Å²) in [7, 11) is 0. The van der Waals surface area contributed by atoms with Gasteiger partial charge in [-0.15, -0.1) is 0 Å². The van der Waals surface area contributed by atoms with Crippen LogP contribution in [0.15, 0.2) is 0 Å². The highest BCUT2D eigenvalue weighted by atomic mass is 16.2. The Hall–Kier alpha value is -0.570. The van der Waals surface area contributed by atoms with E-state index >= 15 is 0 Å². The van der Waals surface area contributed by atoms with Gasteiger partial charge in [-0.25, -0.2) is 0 Å². The van der Waals surface area contributed by atoms with E-state index in [1.165, 1.54) is 32.1 Å². The van der Waals surface area contributed by atoms with E-state index in [1.807, 2.05) is 0 Å². The number of hydrogen-bond acceptors (Lipinski definition) is 2. The molecule has 1 unspecified atom stereocenters. The zero-order valence-corrected chi connectivity index (χ0v) is 12.6. The van der Waals surface area contributed by atoms with Crippen molar-refractivity contribution in [2.45, 2.75) is 71.3 Å². The molecular weight excluding hydrogens is 236 g/mol. The van der Waals surface area contributed by atoms with Gasteiger partial charge in [-0.3, -0.25) is 4.79 Å². The van der Waals surface area contributed by atoms with Crippen molar-refractivity contribution in [1.82, 2.24) is 5.32 Å². The molecule has 0 heterocycles. The second-order valence-corrected chi connectivity index (χ2v) is 6.88. The van der Waals surface area contributed by atoms with Gasteiger partial charge in [-0.2, -0.15) is 0 Å². The van der Waals surface area contributed by atoms with E-state index in [1.54, 1.807) is 0 Å². The zero-order valence-electron chi connectivity index (χ0n) is 12.6. The summed E-state index contributed by atoms with van der Waals surface area (Å²) in [5, 5.41) is 3.33. The molecule has 1 atom stereocenters. The van der Waals surface area contributed by atoms with Crippen LogP contribution >= 0.6 is 0 Å². The molecule has 110 valence electrons. The molecule has 3 heteroatoms. The Bertz CT molecular complexity index is 304. The van der Waals surface area contributed by atoms with Gasteiger partial charge in [0.1, 0.15) is 0 Å². The number of nitrogens with two attached hydrogens (primary N) is 1. The molecule has 0 aliphatic heterocycles. The Balaban J connectivity index is 1.92. The Morgan fingerprint density at radius 2 is 1.95 bits per heavy atom. The van der Waals surface area contributed by atoms with E-state index in [4.69, 9.17) is 5.73 Å². The van der Waals surface area contributed by atoms with Gasteiger partial charge in [0.05, 0.1) is 5.41 Å². The standard InChI is InChI=1S/C16H30N2O/c1-3-14(13-7-5-4-6-8-13)18-15(19)16(11-17)9-12(2)10-16/h12-14H,3-11,17H2,1-2H3,(H,18,19). The monoisotopic (exact) mass is 266 g/mol. The Kier molecular flexibility index (Phi) is 4.88. The summed E-state index contributed by atoms with van der Waals surface area (Å²) in [6, 6.07) is 0.368. The van der Waals surface area contributed by atoms with Crippen LogP contribution in [0, 0.1) is 17.3 Å². The fourth-order valence-electron chi connectivity index (χ4n) is 4.13. The first kappa shape index (κ1) is 14.8. The van der Waals surface area contributed by atoms with Crippen LogP contribution in [0.25, 0.3) is 0 Å². The number of amides is 1. The van der Waals surface area contributed by atoms with Crippen molar-refractivity contribution in [3.05, 3.63) is 0 Å². The Morgan fingerprint density at radius 1 is 1.32 bits per heavy atom. The van der Waals surface area contributed by atoms with Gasteiger partial charge < -0.3 is 11.1 Å². The molecule has 0 aromatic heterocycles. The summed E-state index contributed by atoms with van der Waals surface area (Å²) in [4.78, 5) is 12.5. The van der Waals surface area contributed by atoms with E-state index in [0.29, 0.717) is 24.4 Å². The van der Waals surface area contributed by atoms with Gasteiger partial charge in [-0.1, -0.05) is 33.1 Å². The van der Waals surface area contributed by atoms with E-state index in [2.05, 4.69) is 19.2 Å². The van der Waals surface area contributed by atoms with Crippen LogP contribution in [0.4, 0.5) is 0 Å². The van der Waals surface area contributed by atoms with Crippen molar-refractivity contribution in [1.29, 1.82) is 0 Å². The predicted octanol–water partition coefficient (Wildman–Crippen LogP) is 2.84. The number of nitrogens with one attached hydrogen (secondary N) is 1. The highest BCUT2D eigenvalue weighted by molar-refractivity contribution is 5.84. The molecule has 2 aliphatic carbocycles. The highest BCUT2D eigenvalue weighted by Gasteiger charge is 2.47. The van der Waals surface area contributed by atoms with Crippen LogP contribution in [0.3, 0.4) is 0 Å². The maximum absolute atomic E-state index is 12.5. The van der Waals surface area contributed by atoms with Gasteiger partial charge >= 0.3 is 0 Å². The minimum absolute atomic E-state index is 0.227. The smallest absolute Gasteiger partial charge is 0.227 e. The molecular formula is C16H30N2O. The topological polar surface area (TPSA) is 55.1 Å². The van der Waals surface area contributed by atoms with Gasteiger partial charge in [-0.05, 0) is 43.9 Å². The molecule has 1 amide bonds. The Labute approximate surface area is 117 Å². The lowest BCUT2D eigenvalue weighted by atomic mass is 9.62. The van der Waals surface area contributed by atoms with E-state index in [9.17, 15) is 4.79 Å². The lowest BCUT2D eigenvalue weighted by Crippen LogP contribution is -2.56. The van der Waals surface area contributed by atoms with Gasteiger partial charge in [0.15, 0.2) is 0 Å². The van der Waals surface area contributed by atoms with Crippen molar-refractivity contribution in [3.8, 4) is 0 Å². The van der Waals surface area contributed by atoms with Crippen LogP contribution in [0.2, 0.25) is 0 Å². The molecule has 0 aromatic rings. The van der Waals surface area contributed by atoms with Crippen LogP contribution in [0.1, 0.15) is 65.2 Å². The molecule has 2 fully saturated rings. The number of carbonyl (C=O) groups is 1. The summed E-state index contributed by atoms with van der Waals surface area (Å²) in [5.41, 5.74) is 5.62. The number of rotatable bonds is 5. The normalized spacial score (nSPS) is 33.5. The van der Waals surface area contributed by atoms with E-state index < -0.39 is 0 Å². The molecule has 0 radical (unpaired) electrons. The molecule has 2 rings (SSSR count). The van der Waals surface area contributed by atoms with Crippen LogP contribution < -0.4 is 11.1 Å². The molecule has 3 nitrogen and oxygen atoms in total. The SMILES string of the molecule is CCC(NC(=O)C1(CN)CC(C)C1)C1CCCCC1. The predicted molar refractivity (Wildman–Crippen MR) is 78.7 cm³/mol. The van der Waals surface area contributed by atoms with E-state index in [0.717, 1.165) is 19.3 Å². The number of carbonyl (C=O) groups excluding carboxylic acids is 1. The third-order valence-corrected chi connectivity index (χ3v) is 5.33. The minimum atomic E-state index is -0.249. The Morgan fingerprint density at radius 3 is 2.42 bits per heavy atom. The largest absolute Gasteiger partial charge is 0.353 e. The number of hydrogen-bond donors (Lipinski definition) is 2. The molecule has 2 aliphatic rings. The first-order chi connectivity index (χ1) is 9.11. The summed E-state index contributed by atoms with van der Waals surface area (Å²) < 4.78 is 0. The third kappa shape index (κ3) is 3.13. The highest BCUT2D eigenvalue weighted by Crippen LogP contribution is 2.45. The molecule has 19 heavy (non-hydrogen) atoms. The summed E-state index contributed by atoms with van der Waals surface area (Å²) >= 11 is 0. The maximum atomic E-state index is 12.5. The first-order valence-corrected chi connectivity index (χ1v) is 8.12. The average Bonchev–Trinajstić information content (AvgIpc) is 2.41. The lowest BCUT2D eigenvalue weighted by molar-refractivity contribution is -0.139.